The first-order valence-electron chi connectivity index (χ1n) is 8.23. The molecule has 1 atom stereocenters. The van der Waals surface area contributed by atoms with Gasteiger partial charge in [-0.25, -0.2) is 0 Å². The molecule has 4 nitrogen and oxygen atoms in total. The van der Waals surface area contributed by atoms with Gasteiger partial charge in [-0.1, -0.05) is 20.8 Å². The van der Waals surface area contributed by atoms with Gasteiger partial charge in [-0.15, -0.1) is 0 Å². The van der Waals surface area contributed by atoms with E-state index < -0.39 is 0 Å². The molecular formula is C16H34N2O2. The Morgan fingerprint density at radius 2 is 2.15 bits per heavy atom. The first kappa shape index (κ1) is 17.9. The topological polar surface area (TPSA) is 33.7 Å². The van der Waals surface area contributed by atoms with Gasteiger partial charge in [0.15, 0.2) is 0 Å². The zero-order valence-electron chi connectivity index (χ0n) is 13.9. The Balaban J connectivity index is 2.52. The van der Waals surface area contributed by atoms with Crippen molar-refractivity contribution in [3.05, 3.63) is 0 Å². The van der Waals surface area contributed by atoms with Crippen LogP contribution in [-0.2, 0) is 9.47 Å². The van der Waals surface area contributed by atoms with Crippen molar-refractivity contribution in [1.29, 1.82) is 0 Å². The van der Waals surface area contributed by atoms with Crippen LogP contribution in [0.2, 0.25) is 0 Å². The number of nitrogens with one attached hydrogen (secondary N) is 1. The zero-order valence-corrected chi connectivity index (χ0v) is 13.9. The lowest BCUT2D eigenvalue weighted by Crippen LogP contribution is -2.50. The van der Waals surface area contributed by atoms with E-state index in [1.807, 2.05) is 0 Å². The second kappa shape index (κ2) is 9.72. The molecule has 0 spiro atoms. The Morgan fingerprint density at radius 1 is 1.35 bits per heavy atom. The first-order chi connectivity index (χ1) is 9.62. The summed E-state index contributed by atoms with van der Waals surface area (Å²) in [6.07, 6.45) is 2.45. The van der Waals surface area contributed by atoms with E-state index in [1.54, 1.807) is 0 Å². The van der Waals surface area contributed by atoms with Gasteiger partial charge in [-0.2, -0.15) is 0 Å². The van der Waals surface area contributed by atoms with Crippen molar-refractivity contribution in [2.45, 2.75) is 46.6 Å². The molecule has 0 aromatic carbocycles. The summed E-state index contributed by atoms with van der Waals surface area (Å²) in [6, 6.07) is 0.535. The van der Waals surface area contributed by atoms with E-state index in [1.165, 1.54) is 12.8 Å². The maximum atomic E-state index is 5.79. The van der Waals surface area contributed by atoms with Crippen LogP contribution in [0.15, 0.2) is 0 Å². The van der Waals surface area contributed by atoms with E-state index >= 15 is 0 Å². The maximum Gasteiger partial charge on any atom is 0.0593 e. The van der Waals surface area contributed by atoms with Gasteiger partial charge in [0.25, 0.3) is 0 Å². The summed E-state index contributed by atoms with van der Waals surface area (Å²) in [6.45, 7) is 16.4. The number of ether oxygens (including phenoxy) is 2. The van der Waals surface area contributed by atoms with Crippen LogP contribution in [0.1, 0.15) is 40.5 Å². The summed E-state index contributed by atoms with van der Waals surface area (Å²) >= 11 is 0. The van der Waals surface area contributed by atoms with Crippen molar-refractivity contribution in [1.82, 2.24) is 10.2 Å². The average Bonchev–Trinajstić information content (AvgIpc) is 2.45. The molecule has 1 saturated heterocycles. The number of likely N-dealkylation sites (N-methyl/N-ethyl adjacent to an activating group) is 1. The van der Waals surface area contributed by atoms with Crippen LogP contribution in [0.5, 0.6) is 0 Å². The largest absolute Gasteiger partial charge is 0.381 e. The molecule has 1 unspecified atom stereocenters. The molecule has 1 rings (SSSR count). The highest BCUT2D eigenvalue weighted by Gasteiger charge is 2.34. The second-order valence-corrected chi connectivity index (χ2v) is 6.26. The van der Waals surface area contributed by atoms with Crippen LogP contribution in [-0.4, -0.2) is 63.5 Å². The molecule has 1 N–H and O–H groups in total. The van der Waals surface area contributed by atoms with Gasteiger partial charge in [0, 0.05) is 44.3 Å². The summed E-state index contributed by atoms with van der Waals surface area (Å²) in [5, 5.41) is 3.61. The molecule has 0 aromatic heterocycles. The van der Waals surface area contributed by atoms with Crippen LogP contribution in [0.3, 0.4) is 0 Å². The lowest BCUT2D eigenvalue weighted by molar-refractivity contribution is -0.0296. The Morgan fingerprint density at radius 3 is 2.70 bits per heavy atom. The molecule has 0 aliphatic carbocycles. The number of hydrogen-bond donors (Lipinski definition) is 1. The Labute approximate surface area is 125 Å². The molecule has 20 heavy (non-hydrogen) atoms. The summed E-state index contributed by atoms with van der Waals surface area (Å²) in [5.41, 5.74) is 0.269. The zero-order chi connectivity index (χ0) is 14.8. The quantitative estimate of drug-likeness (QED) is 0.624. The van der Waals surface area contributed by atoms with Crippen molar-refractivity contribution in [2.75, 3.05) is 52.6 Å². The Kier molecular flexibility index (Phi) is 8.69. The minimum Gasteiger partial charge on any atom is -0.381 e. The monoisotopic (exact) mass is 286 g/mol. The minimum atomic E-state index is 0.269. The molecule has 4 heteroatoms. The van der Waals surface area contributed by atoms with Crippen molar-refractivity contribution < 1.29 is 9.47 Å². The second-order valence-electron chi connectivity index (χ2n) is 6.26. The molecule has 0 radical (unpaired) electrons. The van der Waals surface area contributed by atoms with Gasteiger partial charge < -0.3 is 19.7 Å². The molecule has 0 bridgehead atoms. The fourth-order valence-corrected chi connectivity index (χ4v) is 2.81. The summed E-state index contributed by atoms with van der Waals surface area (Å²) in [4.78, 5) is 2.51. The van der Waals surface area contributed by atoms with Gasteiger partial charge in [-0.05, 0) is 26.3 Å². The van der Waals surface area contributed by atoms with Crippen LogP contribution < -0.4 is 5.32 Å². The normalized spacial score (nSPS) is 23.7. The van der Waals surface area contributed by atoms with Gasteiger partial charge in [0.2, 0.25) is 0 Å². The first-order valence-corrected chi connectivity index (χ1v) is 8.23. The molecule has 1 aliphatic rings. The molecular weight excluding hydrogens is 252 g/mol. The predicted molar refractivity (Wildman–Crippen MR) is 84.2 cm³/mol. The third kappa shape index (κ3) is 6.53. The number of nitrogens with zero attached hydrogens (tertiary/aromatic N) is 1. The lowest BCUT2D eigenvalue weighted by atomic mass is 9.81. The molecule has 0 aromatic rings. The highest BCUT2D eigenvalue weighted by Crippen LogP contribution is 2.29. The lowest BCUT2D eigenvalue weighted by Gasteiger charge is -2.41. The molecule has 1 aliphatic heterocycles. The van der Waals surface area contributed by atoms with E-state index in [9.17, 15) is 0 Å². The van der Waals surface area contributed by atoms with Crippen molar-refractivity contribution in [3.8, 4) is 0 Å². The standard InChI is InChI=1S/C16H34N2O2/c1-5-18(9-11-19-6-2)13-16(12-17-15(3)4)8-7-10-20-14-16/h15,17H,5-14H2,1-4H3. The molecule has 1 fully saturated rings. The van der Waals surface area contributed by atoms with Gasteiger partial charge in [-0.3, -0.25) is 0 Å². The van der Waals surface area contributed by atoms with Gasteiger partial charge in [0.1, 0.15) is 0 Å². The fourth-order valence-electron chi connectivity index (χ4n) is 2.81. The predicted octanol–water partition coefficient (Wildman–Crippen LogP) is 2.14. The molecule has 0 amide bonds. The van der Waals surface area contributed by atoms with E-state index in [4.69, 9.17) is 9.47 Å². The van der Waals surface area contributed by atoms with Gasteiger partial charge in [0.05, 0.1) is 13.2 Å². The number of hydrogen-bond acceptors (Lipinski definition) is 4. The van der Waals surface area contributed by atoms with Crippen LogP contribution in [0, 0.1) is 5.41 Å². The highest BCUT2D eigenvalue weighted by molar-refractivity contribution is 4.87. The van der Waals surface area contributed by atoms with Crippen LogP contribution in [0.25, 0.3) is 0 Å². The maximum absolute atomic E-state index is 5.79. The molecule has 0 saturated carbocycles. The van der Waals surface area contributed by atoms with Crippen molar-refractivity contribution in [3.63, 3.8) is 0 Å². The van der Waals surface area contributed by atoms with Crippen LogP contribution in [0.4, 0.5) is 0 Å². The van der Waals surface area contributed by atoms with E-state index in [0.717, 1.165) is 52.6 Å². The highest BCUT2D eigenvalue weighted by atomic mass is 16.5. The van der Waals surface area contributed by atoms with Crippen molar-refractivity contribution in [2.24, 2.45) is 5.41 Å². The van der Waals surface area contributed by atoms with Crippen LogP contribution >= 0.6 is 0 Å². The van der Waals surface area contributed by atoms with E-state index in [0.29, 0.717) is 6.04 Å². The Hall–Kier alpha value is -0.160. The molecule has 1 heterocycles. The minimum absolute atomic E-state index is 0.269. The molecule has 120 valence electrons. The van der Waals surface area contributed by atoms with Gasteiger partial charge >= 0.3 is 0 Å². The fraction of sp³-hybridized carbons (Fsp3) is 1.00. The third-order valence-corrected chi connectivity index (χ3v) is 4.05. The summed E-state index contributed by atoms with van der Waals surface area (Å²) in [5.74, 6) is 0. The summed E-state index contributed by atoms with van der Waals surface area (Å²) in [7, 11) is 0. The SMILES string of the molecule is CCOCCN(CC)CC1(CNC(C)C)CCCOC1. The smallest absolute Gasteiger partial charge is 0.0593 e. The van der Waals surface area contributed by atoms with E-state index in [-0.39, 0.29) is 5.41 Å². The average molecular weight is 286 g/mol. The number of rotatable bonds is 10. The summed E-state index contributed by atoms with van der Waals surface area (Å²) < 4.78 is 11.3. The van der Waals surface area contributed by atoms with E-state index in [2.05, 4.69) is 37.9 Å². The van der Waals surface area contributed by atoms with Crippen molar-refractivity contribution >= 4 is 0 Å². The Bertz CT molecular complexity index is 241. The third-order valence-electron chi connectivity index (χ3n) is 4.05.